The molecule has 2 N–H and O–H groups in total. The number of nitrogens with one attached hydrogen (secondary N) is 2. The van der Waals surface area contributed by atoms with E-state index in [0.717, 1.165) is 19.5 Å². The Balaban J connectivity index is 2.30. The zero-order valence-electron chi connectivity index (χ0n) is 13.3. The fourth-order valence-electron chi connectivity index (χ4n) is 2.41. The van der Waals surface area contributed by atoms with Crippen molar-refractivity contribution in [3.8, 4) is 0 Å². The van der Waals surface area contributed by atoms with Crippen molar-refractivity contribution in [2.75, 3.05) is 26.7 Å². The van der Waals surface area contributed by atoms with Gasteiger partial charge in [0.05, 0.1) is 6.04 Å². The van der Waals surface area contributed by atoms with Gasteiger partial charge in [0.1, 0.15) is 0 Å². The highest BCUT2D eigenvalue weighted by atomic mass is 16.2. The first-order valence-corrected chi connectivity index (χ1v) is 7.58. The standard InChI is InChI=1S/C15H31N3O/c1-6-15(3,4)17-14(19)12(2)16-10-13-8-7-9-18(5)11-13/h12-13,16H,6-11H2,1-5H3,(H,17,19). The van der Waals surface area contributed by atoms with Crippen molar-refractivity contribution >= 4 is 5.91 Å². The van der Waals surface area contributed by atoms with Crippen molar-refractivity contribution in [2.45, 2.75) is 58.5 Å². The van der Waals surface area contributed by atoms with Gasteiger partial charge in [-0.15, -0.1) is 0 Å². The van der Waals surface area contributed by atoms with E-state index in [2.05, 4.69) is 43.4 Å². The molecule has 1 saturated heterocycles. The molecule has 4 heteroatoms. The van der Waals surface area contributed by atoms with Gasteiger partial charge >= 0.3 is 0 Å². The molecule has 1 rings (SSSR count). The molecule has 1 amide bonds. The molecular weight excluding hydrogens is 238 g/mol. The molecule has 4 nitrogen and oxygen atoms in total. The summed E-state index contributed by atoms with van der Waals surface area (Å²) in [5, 5.41) is 6.47. The maximum absolute atomic E-state index is 12.1. The lowest BCUT2D eigenvalue weighted by Gasteiger charge is -2.31. The van der Waals surface area contributed by atoms with Gasteiger partial charge in [0.25, 0.3) is 0 Å². The van der Waals surface area contributed by atoms with Gasteiger partial charge < -0.3 is 15.5 Å². The second-order valence-electron chi connectivity index (χ2n) is 6.63. The van der Waals surface area contributed by atoms with Gasteiger partial charge in [0, 0.05) is 12.1 Å². The number of carbonyl (C=O) groups excluding carboxylic acids is 1. The van der Waals surface area contributed by atoms with Gasteiger partial charge in [0.2, 0.25) is 5.91 Å². The number of piperidine rings is 1. The van der Waals surface area contributed by atoms with Crippen molar-refractivity contribution in [3.05, 3.63) is 0 Å². The number of nitrogens with zero attached hydrogens (tertiary/aromatic N) is 1. The topological polar surface area (TPSA) is 44.4 Å². The smallest absolute Gasteiger partial charge is 0.237 e. The molecule has 19 heavy (non-hydrogen) atoms. The summed E-state index contributed by atoms with van der Waals surface area (Å²) in [6.45, 7) is 11.5. The van der Waals surface area contributed by atoms with E-state index in [1.807, 2.05) is 6.92 Å². The van der Waals surface area contributed by atoms with Crippen molar-refractivity contribution in [2.24, 2.45) is 5.92 Å². The Morgan fingerprint density at radius 2 is 2.16 bits per heavy atom. The largest absolute Gasteiger partial charge is 0.350 e. The van der Waals surface area contributed by atoms with Crippen LogP contribution in [0.15, 0.2) is 0 Å². The van der Waals surface area contributed by atoms with Crippen LogP contribution in [0.5, 0.6) is 0 Å². The van der Waals surface area contributed by atoms with Gasteiger partial charge in [-0.2, -0.15) is 0 Å². The predicted octanol–water partition coefficient (Wildman–Crippen LogP) is 1.61. The summed E-state index contributed by atoms with van der Waals surface area (Å²) in [6.07, 6.45) is 3.48. The number of amides is 1. The van der Waals surface area contributed by atoms with Crippen LogP contribution < -0.4 is 10.6 Å². The monoisotopic (exact) mass is 269 g/mol. The molecule has 2 unspecified atom stereocenters. The van der Waals surface area contributed by atoms with Gasteiger partial charge in [-0.3, -0.25) is 4.79 Å². The van der Waals surface area contributed by atoms with Gasteiger partial charge in [-0.25, -0.2) is 0 Å². The normalized spacial score (nSPS) is 23.1. The molecular formula is C15H31N3O. The highest BCUT2D eigenvalue weighted by Gasteiger charge is 2.23. The Bertz CT molecular complexity index is 291. The number of hydrogen-bond donors (Lipinski definition) is 2. The minimum atomic E-state index is -0.113. The molecule has 0 aromatic carbocycles. The highest BCUT2D eigenvalue weighted by molar-refractivity contribution is 5.81. The molecule has 0 spiro atoms. The maximum Gasteiger partial charge on any atom is 0.237 e. The van der Waals surface area contributed by atoms with E-state index < -0.39 is 0 Å². The third kappa shape index (κ3) is 5.91. The van der Waals surface area contributed by atoms with Crippen LogP contribution in [0.2, 0.25) is 0 Å². The van der Waals surface area contributed by atoms with Gasteiger partial charge in [0.15, 0.2) is 0 Å². The third-order valence-corrected chi connectivity index (χ3v) is 4.17. The van der Waals surface area contributed by atoms with Crippen LogP contribution >= 0.6 is 0 Å². The molecule has 0 saturated carbocycles. The van der Waals surface area contributed by atoms with Crippen molar-refractivity contribution in [1.29, 1.82) is 0 Å². The first-order valence-electron chi connectivity index (χ1n) is 7.58. The van der Waals surface area contributed by atoms with Crippen molar-refractivity contribution in [1.82, 2.24) is 15.5 Å². The average Bonchev–Trinajstić information content (AvgIpc) is 2.35. The van der Waals surface area contributed by atoms with Crippen LogP contribution in [0.3, 0.4) is 0 Å². The molecule has 1 fully saturated rings. The van der Waals surface area contributed by atoms with E-state index >= 15 is 0 Å². The molecule has 0 aromatic rings. The van der Waals surface area contributed by atoms with Crippen LogP contribution in [0.4, 0.5) is 0 Å². The minimum Gasteiger partial charge on any atom is -0.350 e. The summed E-state index contributed by atoms with van der Waals surface area (Å²) in [7, 11) is 2.17. The first kappa shape index (κ1) is 16.4. The molecule has 1 aliphatic heterocycles. The van der Waals surface area contributed by atoms with Crippen LogP contribution in [0.25, 0.3) is 0 Å². The predicted molar refractivity (Wildman–Crippen MR) is 80.2 cm³/mol. The molecule has 0 aliphatic carbocycles. The van der Waals surface area contributed by atoms with Crippen LogP contribution in [-0.2, 0) is 4.79 Å². The molecule has 2 atom stereocenters. The number of likely N-dealkylation sites (tertiary alicyclic amines) is 1. The lowest BCUT2D eigenvalue weighted by Crippen LogP contribution is -2.51. The second-order valence-corrected chi connectivity index (χ2v) is 6.63. The second kappa shape index (κ2) is 7.25. The van der Waals surface area contributed by atoms with Crippen LogP contribution in [0, 0.1) is 5.92 Å². The number of rotatable bonds is 6. The summed E-state index contributed by atoms with van der Waals surface area (Å²) in [5.41, 5.74) is -0.113. The van der Waals surface area contributed by atoms with E-state index in [1.165, 1.54) is 19.4 Å². The third-order valence-electron chi connectivity index (χ3n) is 4.17. The summed E-state index contributed by atoms with van der Waals surface area (Å²) in [5.74, 6) is 0.782. The lowest BCUT2D eigenvalue weighted by molar-refractivity contribution is -0.124. The Labute approximate surface area is 118 Å². The molecule has 0 radical (unpaired) electrons. The summed E-state index contributed by atoms with van der Waals surface area (Å²) in [6, 6.07) is -0.113. The molecule has 112 valence electrons. The Morgan fingerprint density at radius 1 is 1.47 bits per heavy atom. The van der Waals surface area contributed by atoms with Crippen LogP contribution in [-0.4, -0.2) is 49.1 Å². The number of hydrogen-bond acceptors (Lipinski definition) is 3. The van der Waals surface area contributed by atoms with E-state index in [4.69, 9.17) is 0 Å². The first-order chi connectivity index (χ1) is 8.84. The lowest BCUT2D eigenvalue weighted by atomic mass is 9.98. The highest BCUT2D eigenvalue weighted by Crippen LogP contribution is 2.14. The minimum absolute atomic E-state index is 0.107. The molecule has 0 aromatic heterocycles. The quantitative estimate of drug-likeness (QED) is 0.770. The zero-order valence-corrected chi connectivity index (χ0v) is 13.3. The van der Waals surface area contributed by atoms with Gasteiger partial charge in [-0.05, 0) is 66.1 Å². The molecule has 1 heterocycles. The summed E-state index contributed by atoms with van der Waals surface area (Å²) < 4.78 is 0. The van der Waals surface area contributed by atoms with E-state index in [-0.39, 0.29) is 17.5 Å². The fraction of sp³-hybridized carbons (Fsp3) is 0.933. The summed E-state index contributed by atoms with van der Waals surface area (Å²) in [4.78, 5) is 14.4. The van der Waals surface area contributed by atoms with E-state index in [1.54, 1.807) is 0 Å². The average molecular weight is 269 g/mol. The van der Waals surface area contributed by atoms with Crippen molar-refractivity contribution < 1.29 is 4.79 Å². The van der Waals surface area contributed by atoms with Crippen molar-refractivity contribution in [3.63, 3.8) is 0 Å². The van der Waals surface area contributed by atoms with E-state index in [9.17, 15) is 4.79 Å². The Kier molecular flexibility index (Phi) is 6.27. The number of carbonyl (C=O) groups is 1. The zero-order chi connectivity index (χ0) is 14.5. The Hall–Kier alpha value is -0.610. The van der Waals surface area contributed by atoms with Crippen LogP contribution in [0.1, 0.15) is 47.0 Å². The van der Waals surface area contributed by atoms with E-state index in [0.29, 0.717) is 5.92 Å². The van der Waals surface area contributed by atoms with Gasteiger partial charge in [-0.1, -0.05) is 6.92 Å². The Morgan fingerprint density at radius 3 is 2.74 bits per heavy atom. The molecule has 1 aliphatic rings. The fourth-order valence-corrected chi connectivity index (χ4v) is 2.41. The maximum atomic E-state index is 12.1. The SMILES string of the molecule is CCC(C)(C)NC(=O)C(C)NCC1CCCN(C)C1. The summed E-state index contributed by atoms with van der Waals surface area (Å²) >= 11 is 0. The molecule has 0 bridgehead atoms.